The highest BCUT2D eigenvalue weighted by molar-refractivity contribution is 7.10. The fourth-order valence-corrected chi connectivity index (χ4v) is 3.66. The Morgan fingerprint density at radius 2 is 1.74 bits per heavy atom. The summed E-state index contributed by atoms with van der Waals surface area (Å²) in [5.74, 6) is 0.988. The van der Waals surface area contributed by atoms with Crippen molar-refractivity contribution in [1.82, 2.24) is 5.32 Å². The van der Waals surface area contributed by atoms with E-state index in [4.69, 9.17) is 4.74 Å². The van der Waals surface area contributed by atoms with E-state index < -0.39 is 0 Å². The van der Waals surface area contributed by atoms with Crippen LogP contribution in [-0.2, 0) is 0 Å². The first kappa shape index (κ1) is 14.1. The van der Waals surface area contributed by atoms with Crippen LogP contribution in [0.1, 0.15) is 33.2 Å². The van der Waals surface area contributed by atoms with Gasteiger partial charge in [0, 0.05) is 4.88 Å². The highest BCUT2D eigenvalue weighted by Crippen LogP contribution is 2.33. The van der Waals surface area contributed by atoms with E-state index in [9.17, 15) is 0 Å². The summed E-state index contributed by atoms with van der Waals surface area (Å²) in [7, 11) is 3.74. The van der Waals surface area contributed by atoms with Crippen LogP contribution in [0.15, 0.2) is 23.6 Å². The predicted molar refractivity (Wildman–Crippen MR) is 82.4 cm³/mol. The van der Waals surface area contributed by atoms with Crippen LogP contribution in [0.4, 0.5) is 0 Å². The first-order chi connectivity index (χ1) is 9.08. The fourth-order valence-electron chi connectivity index (χ4n) is 2.60. The van der Waals surface area contributed by atoms with Crippen LogP contribution in [0.25, 0.3) is 0 Å². The molecular formula is C16H21NOS. The molecule has 0 aliphatic heterocycles. The van der Waals surface area contributed by atoms with Gasteiger partial charge < -0.3 is 10.1 Å². The lowest BCUT2D eigenvalue weighted by Crippen LogP contribution is -2.17. The summed E-state index contributed by atoms with van der Waals surface area (Å²) in [6.07, 6.45) is 0. The van der Waals surface area contributed by atoms with E-state index in [0.29, 0.717) is 0 Å². The third-order valence-electron chi connectivity index (χ3n) is 3.47. The van der Waals surface area contributed by atoms with Crippen LogP contribution in [-0.4, -0.2) is 14.2 Å². The van der Waals surface area contributed by atoms with Crippen molar-refractivity contribution in [2.45, 2.75) is 26.8 Å². The fraction of sp³-hybridized carbons (Fsp3) is 0.375. The van der Waals surface area contributed by atoms with Crippen molar-refractivity contribution in [3.05, 3.63) is 50.7 Å². The number of ether oxygens (including phenoxy) is 1. The molecule has 1 unspecified atom stereocenters. The molecule has 1 aromatic heterocycles. The van der Waals surface area contributed by atoms with Crippen molar-refractivity contribution >= 4 is 11.3 Å². The molecule has 0 spiro atoms. The molecule has 1 N–H and O–H groups in total. The highest BCUT2D eigenvalue weighted by atomic mass is 32.1. The largest absolute Gasteiger partial charge is 0.496 e. The number of methoxy groups -OCH3 is 1. The molecule has 0 saturated carbocycles. The third-order valence-corrected chi connectivity index (χ3v) is 4.56. The van der Waals surface area contributed by atoms with Gasteiger partial charge in [0.25, 0.3) is 0 Å². The van der Waals surface area contributed by atoms with Crippen LogP contribution in [0.3, 0.4) is 0 Å². The Kier molecular flexibility index (Phi) is 4.27. The van der Waals surface area contributed by atoms with Crippen molar-refractivity contribution in [3.63, 3.8) is 0 Å². The van der Waals surface area contributed by atoms with Crippen LogP contribution in [0, 0.1) is 20.8 Å². The van der Waals surface area contributed by atoms with Crippen molar-refractivity contribution in [2.75, 3.05) is 14.2 Å². The molecule has 2 aromatic rings. The summed E-state index contributed by atoms with van der Waals surface area (Å²) in [5.41, 5.74) is 5.01. The molecule has 0 aliphatic rings. The molecule has 102 valence electrons. The molecule has 0 radical (unpaired) electrons. The van der Waals surface area contributed by atoms with Crippen LogP contribution >= 0.6 is 11.3 Å². The molecule has 3 heteroatoms. The van der Waals surface area contributed by atoms with E-state index in [0.717, 1.165) is 5.75 Å². The molecule has 1 atom stereocenters. The number of benzene rings is 1. The van der Waals surface area contributed by atoms with Gasteiger partial charge in [0.2, 0.25) is 0 Å². The quantitative estimate of drug-likeness (QED) is 0.911. The molecule has 0 aliphatic carbocycles. The van der Waals surface area contributed by atoms with E-state index >= 15 is 0 Å². The van der Waals surface area contributed by atoms with E-state index in [1.54, 1.807) is 18.4 Å². The maximum atomic E-state index is 5.44. The monoisotopic (exact) mass is 275 g/mol. The highest BCUT2D eigenvalue weighted by Gasteiger charge is 2.17. The average molecular weight is 275 g/mol. The molecule has 19 heavy (non-hydrogen) atoms. The number of nitrogens with one attached hydrogen (secondary N) is 1. The number of thiophene rings is 1. The number of hydrogen-bond donors (Lipinski definition) is 1. The van der Waals surface area contributed by atoms with E-state index in [1.807, 2.05) is 7.05 Å². The van der Waals surface area contributed by atoms with Gasteiger partial charge in [-0.05, 0) is 61.5 Å². The Balaban J connectivity index is 2.48. The standard InChI is InChI=1S/C16H21NOS/c1-10-6-7-19-16(10)14(17-4)13-8-11(2)15(18-5)12(3)9-13/h6-9,14,17H,1-5H3. The van der Waals surface area contributed by atoms with Gasteiger partial charge in [-0.2, -0.15) is 0 Å². The van der Waals surface area contributed by atoms with Crippen LogP contribution in [0.2, 0.25) is 0 Å². The lowest BCUT2D eigenvalue weighted by Gasteiger charge is -2.19. The van der Waals surface area contributed by atoms with Gasteiger partial charge in [-0.1, -0.05) is 12.1 Å². The molecule has 0 fully saturated rings. The molecule has 2 rings (SSSR count). The molecule has 0 bridgehead atoms. The summed E-state index contributed by atoms with van der Waals surface area (Å²) >= 11 is 1.80. The first-order valence-electron chi connectivity index (χ1n) is 6.44. The smallest absolute Gasteiger partial charge is 0.124 e. The molecular weight excluding hydrogens is 254 g/mol. The third kappa shape index (κ3) is 2.67. The minimum atomic E-state index is 0.253. The second-order valence-corrected chi connectivity index (χ2v) is 5.83. The second-order valence-electron chi connectivity index (χ2n) is 4.88. The van der Waals surface area contributed by atoms with Crippen molar-refractivity contribution in [1.29, 1.82) is 0 Å². The SMILES string of the molecule is CNC(c1cc(C)c(OC)c(C)c1)c1sccc1C. The topological polar surface area (TPSA) is 21.3 Å². The summed E-state index contributed by atoms with van der Waals surface area (Å²) in [6, 6.07) is 6.86. The zero-order valence-corrected chi connectivity index (χ0v) is 13.0. The Labute approximate surface area is 119 Å². The van der Waals surface area contributed by atoms with Gasteiger partial charge in [-0.3, -0.25) is 0 Å². The van der Waals surface area contributed by atoms with Gasteiger partial charge in [-0.25, -0.2) is 0 Å². The molecule has 0 saturated heterocycles. The Hall–Kier alpha value is -1.32. The minimum absolute atomic E-state index is 0.253. The zero-order valence-electron chi connectivity index (χ0n) is 12.2. The Morgan fingerprint density at radius 3 is 2.16 bits per heavy atom. The first-order valence-corrected chi connectivity index (χ1v) is 7.32. The Bertz CT molecular complexity index is 551. The van der Waals surface area contributed by atoms with E-state index in [-0.39, 0.29) is 6.04 Å². The molecule has 1 aromatic carbocycles. The zero-order chi connectivity index (χ0) is 14.0. The van der Waals surface area contributed by atoms with Crippen LogP contribution < -0.4 is 10.1 Å². The van der Waals surface area contributed by atoms with Gasteiger partial charge in [0.05, 0.1) is 13.2 Å². The summed E-state index contributed by atoms with van der Waals surface area (Å²) < 4.78 is 5.44. The summed E-state index contributed by atoms with van der Waals surface area (Å²) in [4.78, 5) is 1.38. The normalized spacial score (nSPS) is 12.5. The van der Waals surface area contributed by atoms with E-state index in [1.165, 1.54) is 27.1 Å². The maximum absolute atomic E-state index is 5.44. The van der Waals surface area contributed by atoms with Crippen molar-refractivity contribution in [3.8, 4) is 5.75 Å². The number of rotatable bonds is 4. The second kappa shape index (κ2) is 5.76. The van der Waals surface area contributed by atoms with Crippen molar-refractivity contribution in [2.24, 2.45) is 0 Å². The number of hydrogen-bond acceptors (Lipinski definition) is 3. The average Bonchev–Trinajstić information content (AvgIpc) is 2.77. The number of aryl methyl sites for hydroxylation is 3. The van der Waals surface area contributed by atoms with Crippen molar-refractivity contribution < 1.29 is 4.74 Å². The van der Waals surface area contributed by atoms with Gasteiger partial charge in [-0.15, -0.1) is 11.3 Å². The summed E-state index contributed by atoms with van der Waals surface area (Å²) in [5, 5.41) is 5.57. The van der Waals surface area contributed by atoms with Gasteiger partial charge in [0.1, 0.15) is 5.75 Å². The molecule has 2 nitrogen and oxygen atoms in total. The van der Waals surface area contributed by atoms with Gasteiger partial charge in [0.15, 0.2) is 0 Å². The lowest BCUT2D eigenvalue weighted by atomic mass is 9.98. The lowest BCUT2D eigenvalue weighted by molar-refractivity contribution is 0.408. The molecule has 1 heterocycles. The van der Waals surface area contributed by atoms with Gasteiger partial charge >= 0.3 is 0 Å². The Morgan fingerprint density at radius 1 is 1.11 bits per heavy atom. The minimum Gasteiger partial charge on any atom is -0.496 e. The summed E-state index contributed by atoms with van der Waals surface area (Å²) in [6.45, 7) is 6.37. The molecule has 0 amide bonds. The maximum Gasteiger partial charge on any atom is 0.124 e. The predicted octanol–water partition coefficient (Wildman–Crippen LogP) is 3.99. The van der Waals surface area contributed by atoms with E-state index in [2.05, 4.69) is 49.7 Å². The van der Waals surface area contributed by atoms with Crippen LogP contribution in [0.5, 0.6) is 5.75 Å².